The molecular weight excluding hydrogens is 484 g/mol. The van der Waals surface area contributed by atoms with E-state index in [0.29, 0.717) is 24.3 Å². The topological polar surface area (TPSA) is 124 Å². The van der Waals surface area contributed by atoms with Crippen molar-refractivity contribution in [1.29, 1.82) is 0 Å². The summed E-state index contributed by atoms with van der Waals surface area (Å²) in [7, 11) is 1.77. The highest BCUT2D eigenvalue weighted by Gasteiger charge is 2.35. The summed E-state index contributed by atoms with van der Waals surface area (Å²) in [5.41, 5.74) is 1.18. The van der Waals surface area contributed by atoms with Crippen molar-refractivity contribution in [2.45, 2.75) is 27.9 Å². The van der Waals surface area contributed by atoms with Crippen LogP contribution in [0.2, 0.25) is 0 Å². The van der Waals surface area contributed by atoms with Gasteiger partial charge in [0.2, 0.25) is 10.0 Å². The minimum Gasteiger partial charge on any atom is -0.493 e. The number of nitrogens with one attached hydrogen (secondary N) is 1. The molecule has 0 saturated carbocycles. The molecule has 0 atom stereocenters. The number of hydrogen-bond donors (Lipinski definition) is 2. The number of piperidine rings is 1. The van der Waals surface area contributed by atoms with Crippen LogP contribution in [0.15, 0.2) is 40.1 Å². The van der Waals surface area contributed by atoms with Gasteiger partial charge in [-0.2, -0.15) is 4.31 Å². The lowest BCUT2D eigenvalue weighted by Gasteiger charge is -2.31. The molecule has 1 aliphatic rings. The van der Waals surface area contributed by atoms with Crippen molar-refractivity contribution >= 4 is 27.7 Å². The summed E-state index contributed by atoms with van der Waals surface area (Å²) >= 11 is 1.65. The first-order chi connectivity index (χ1) is 16.3. The zero-order valence-corrected chi connectivity index (χ0v) is 21.0. The molecule has 3 rings (SSSR count). The number of sulfonamides is 1. The van der Waals surface area contributed by atoms with E-state index >= 15 is 0 Å². The second-order valence-electron chi connectivity index (χ2n) is 7.35. The maximum atomic E-state index is 13.4. The minimum absolute atomic E-state index is 0.0750. The molecule has 2 aromatic carbocycles. The number of hydrogen-bond acceptors (Lipinski definition) is 9. The van der Waals surface area contributed by atoms with Gasteiger partial charge in [0, 0.05) is 23.2 Å². The van der Waals surface area contributed by atoms with Gasteiger partial charge < -0.3 is 18.9 Å². The summed E-state index contributed by atoms with van der Waals surface area (Å²) < 4.78 is 49.3. The number of rotatable bonds is 9. The first-order valence-electron chi connectivity index (χ1n) is 10.4. The first-order valence-corrected chi connectivity index (χ1v) is 12.7. The van der Waals surface area contributed by atoms with Crippen LogP contribution in [0.5, 0.6) is 23.0 Å². The summed E-state index contributed by atoms with van der Waals surface area (Å²) in [6, 6.07) is 8.38. The Kier molecular flexibility index (Phi) is 8.52. The van der Waals surface area contributed by atoms with Crippen molar-refractivity contribution in [3.8, 4) is 23.0 Å². The Bertz CT molecular complexity index is 1130. The predicted molar refractivity (Wildman–Crippen MR) is 126 cm³/mol. The SMILES string of the molecule is COc1ccc(SC2CCN(S(=O)(=O)c3ccc(OC)c(OC)c3C(=O)NO)CC2)cc1OC. The van der Waals surface area contributed by atoms with Crippen LogP contribution in [-0.2, 0) is 10.0 Å². The van der Waals surface area contributed by atoms with Crippen LogP contribution in [0, 0.1) is 0 Å². The molecule has 0 spiro atoms. The third-order valence-electron chi connectivity index (χ3n) is 5.51. The monoisotopic (exact) mass is 512 g/mol. The molecule has 1 fully saturated rings. The van der Waals surface area contributed by atoms with Crippen LogP contribution in [0.1, 0.15) is 23.2 Å². The number of ether oxygens (including phenoxy) is 4. The molecule has 0 bridgehead atoms. The lowest BCUT2D eigenvalue weighted by Crippen LogP contribution is -2.40. The molecule has 1 aliphatic heterocycles. The Morgan fingerprint density at radius 2 is 1.59 bits per heavy atom. The van der Waals surface area contributed by atoms with Gasteiger partial charge in [-0.1, -0.05) is 0 Å². The normalized spacial score (nSPS) is 15.0. The molecule has 0 aliphatic carbocycles. The molecule has 1 amide bonds. The summed E-state index contributed by atoms with van der Waals surface area (Å²) in [6.45, 7) is 0.559. The Morgan fingerprint density at radius 1 is 0.971 bits per heavy atom. The Balaban J connectivity index is 1.80. The smallest absolute Gasteiger partial charge is 0.279 e. The fourth-order valence-corrected chi connectivity index (χ4v) is 6.61. The van der Waals surface area contributed by atoms with Crippen molar-refractivity contribution in [1.82, 2.24) is 9.79 Å². The third kappa shape index (κ3) is 5.19. The maximum Gasteiger partial charge on any atom is 0.279 e. The predicted octanol–water partition coefficient (Wildman–Crippen LogP) is 2.79. The average Bonchev–Trinajstić information content (AvgIpc) is 2.87. The standard InChI is InChI=1S/C22H28N2O8S2/c1-29-16-6-5-15(13-18(16)31-3)33-14-9-11-24(12-10-14)34(27,28)19-8-7-17(30-2)21(32-4)20(19)22(25)23-26/h5-8,13-14,26H,9-12H2,1-4H3,(H,23,25). The minimum atomic E-state index is -4.04. The van der Waals surface area contributed by atoms with E-state index in [0.717, 1.165) is 4.90 Å². The highest BCUT2D eigenvalue weighted by Crippen LogP contribution is 2.39. The zero-order valence-electron chi connectivity index (χ0n) is 19.4. The van der Waals surface area contributed by atoms with Gasteiger partial charge in [0.1, 0.15) is 5.56 Å². The number of carbonyl (C=O) groups excluding carboxylic acids is 1. The van der Waals surface area contributed by atoms with Crippen molar-refractivity contribution < 1.29 is 37.4 Å². The number of amides is 1. The second kappa shape index (κ2) is 11.2. The summed E-state index contributed by atoms with van der Waals surface area (Å²) in [5.74, 6) is 0.369. The van der Waals surface area contributed by atoms with Crippen molar-refractivity contribution in [2.24, 2.45) is 0 Å². The Hall–Kier alpha value is -2.67. The lowest BCUT2D eigenvalue weighted by atomic mass is 10.1. The average molecular weight is 513 g/mol. The van der Waals surface area contributed by atoms with E-state index in [4.69, 9.17) is 18.9 Å². The van der Waals surface area contributed by atoms with Gasteiger partial charge in [-0.3, -0.25) is 10.0 Å². The fraction of sp³-hybridized carbons (Fsp3) is 0.409. The lowest BCUT2D eigenvalue weighted by molar-refractivity contribution is 0.0698. The van der Waals surface area contributed by atoms with Crippen LogP contribution in [0.25, 0.3) is 0 Å². The number of methoxy groups -OCH3 is 4. The van der Waals surface area contributed by atoms with Crippen molar-refractivity contribution in [3.05, 3.63) is 35.9 Å². The second-order valence-corrected chi connectivity index (χ2v) is 10.6. The highest BCUT2D eigenvalue weighted by atomic mass is 32.2. The van der Waals surface area contributed by atoms with Crippen LogP contribution in [-0.4, -0.2) is 70.6 Å². The third-order valence-corrected chi connectivity index (χ3v) is 8.78. The van der Waals surface area contributed by atoms with Crippen LogP contribution >= 0.6 is 11.8 Å². The van der Waals surface area contributed by atoms with E-state index in [1.165, 1.54) is 36.1 Å². The van der Waals surface area contributed by atoms with Gasteiger partial charge in [0.25, 0.3) is 5.91 Å². The quantitative estimate of drug-likeness (QED) is 0.386. The molecule has 34 heavy (non-hydrogen) atoms. The van der Waals surface area contributed by atoms with Crippen LogP contribution in [0.3, 0.4) is 0 Å². The highest BCUT2D eigenvalue weighted by molar-refractivity contribution is 8.00. The fourth-order valence-electron chi connectivity index (χ4n) is 3.81. The van der Waals surface area contributed by atoms with E-state index < -0.39 is 15.9 Å². The van der Waals surface area contributed by atoms with Gasteiger partial charge in [0.05, 0.1) is 33.3 Å². The number of benzene rings is 2. The molecular formula is C22H28N2O8S2. The molecule has 2 aromatic rings. The van der Waals surface area contributed by atoms with Crippen molar-refractivity contribution in [2.75, 3.05) is 41.5 Å². The van der Waals surface area contributed by atoms with Crippen LogP contribution in [0.4, 0.5) is 0 Å². The molecule has 10 nitrogen and oxygen atoms in total. The Labute approximate surface area is 203 Å². The molecule has 1 saturated heterocycles. The number of nitrogens with zero attached hydrogens (tertiary/aromatic N) is 1. The number of thioether (sulfide) groups is 1. The van der Waals surface area contributed by atoms with Gasteiger partial charge in [-0.05, 0) is 43.2 Å². The maximum absolute atomic E-state index is 13.4. The van der Waals surface area contributed by atoms with Crippen molar-refractivity contribution in [3.63, 3.8) is 0 Å². The van der Waals surface area contributed by atoms with E-state index in [9.17, 15) is 18.4 Å². The molecule has 0 radical (unpaired) electrons. The van der Waals surface area contributed by atoms with Gasteiger partial charge >= 0.3 is 0 Å². The van der Waals surface area contributed by atoms with Gasteiger partial charge in [0.15, 0.2) is 23.0 Å². The summed E-state index contributed by atoms with van der Waals surface area (Å²) in [4.78, 5) is 13.1. The van der Waals surface area contributed by atoms with E-state index in [2.05, 4.69) is 0 Å². The van der Waals surface area contributed by atoms with E-state index in [1.807, 2.05) is 18.2 Å². The molecule has 0 unspecified atom stereocenters. The first kappa shape index (κ1) is 25.9. The van der Waals surface area contributed by atoms with Gasteiger partial charge in [-0.15, -0.1) is 11.8 Å². The molecule has 0 aromatic heterocycles. The summed E-state index contributed by atoms with van der Waals surface area (Å²) in [5, 5.41) is 9.40. The number of hydroxylamine groups is 1. The largest absolute Gasteiger partial charge is 0.493 e. The van der Waals surface area contributed by atoms with E-state index in [1.54, 1.807) is 26.0 Å². The molecule has 1 heterocycles. The zero-order chi connectivity index (χ0) is 24.9. The van der Waals surface area contributed by atoms with Gasteiger partial charge in [-0.25, -0.2) is 13.9 Å². The van der Waals surface area contributed by atoms with Crippen LogP contribution < -0.4 is 24.4 Å². The molecule has 2 N–H and O–H groups in total. The Morgan fingerprint density at radius 3 is 2.15 bits per heavy atom. The van der Waals surface area contributed by atoms with E-state index in [-0.39, 0.29) is 40.3 Å². The number of carbonyl (C=O) groups is 1. The molecule has 12 heteroatoms. The molecule has 186 valence electrons. The summed E-state index contributed by atoms with van der Waals surface area (Å²) in [6.07, 6.45) is 1.24.